The summed E-state index contributed by atoms with van der Waals surface area (Å²) in [5, 5.41) is 7.92. The Morgan fingerprint density at radius 1 is 1.32 bits per heavy atom. The lowest BCUT2D eigenvalue weighted by Crippen LogP contribution is -2.45. The van der Waals surface area contributed by atoms with Crippen LogP contribution in [-0.2, 0) is 4.74 Å². The summed E-state index contributed by atoms with van der Waals surface area (Å²) in [6.45, 7) is 5.94. The summed E-state index contributed by atoms with van der Waals surface area (Å²) in [6, 6.07) is 7.90. The lowest BCUT2D eigenvalue weighted by Gasteiger charge is -2.20. The fraction of sp³-hybridized carbons (Fsp3) is 0.444. The van der Waals surface area contributed by atoms with Crippen LogP contribution in [0, 0.1) is 0 Å². The molecule has 0 aliphatic carbocycles. The molecule has 0 radical (unpaired) electrons. The van der Waals surface area contributed by atoms with Crippen molar-refractivity contribution in [2.24, 2.45) is 0 Å². The maximum Gasteiger partial charge on any atom is 0.319 e. The Labute approximate surface area is 152 Å². The first kappa shape index (κ1) is 17.8. The molecule has 6 nitrogen and oxygen atoms in total. The molecule has 0 saturated carbocycles. The Hall–Kier alpha value is -1.96. The van der Waals surface area contributed by atoms with Gasteiger partial charge in [0.05, 0.1) is 23.4 Å². The molecular formula is C18H24N4O2S. The van der Waals surface area contributed by atoms with E-state index in [9.17, 15) is 4.79 Å². The molecule has 0 bridgehead atoms. The van der Waals surface area contributed by atoms with E-state index in [0.717, 1.165) is 30.0 Å². The highest BCUT2D eigenvalue weighted by Crippen LogP contribution is 2.21. The third-order valence-electron chi connectivity index (χ3n) is 4.51. The second-order valence-corrected chi connectivity index (χ2v) is 7.20. The number of amides is 2. The number of rotatable bonds is 5. The zero-order chi connectivity index (χ0) is 17.8. The van der Waals surface area contributed by atoms with Crippen LogP contribution in [0.4, 0.5) is 10.5 Å². The molecule has 7 heteroatoms. The van der Waals surface area contributed by atoms with Gasteiger partial charge >= 0.3 is 6.03 Å². The summed E-state index contributed by atoms with van der Waals surface area (Å²) < 4.78 is 5.52. The van der Waals surface area contributed by atoms with Crippen molar-refractivity contribution in [3.8, 4) is 11.3 Å². The van der Waals surface area contributed by atoms with Gasteiger partial charge in [-0.2, -0.15) is 0 Å². The maximum absolute atomic E-state index is 12.3. The molecule has 25 heavy (non-hydrogen) atoms. The molecule has 1 aliphatic heterocycles. The van der Waals surface area contributed by atoms with Gasteiger partial charge in [-0.15, -0.1) is 11.3 Å². The fourth-order valence-corrected chi connectivity index (χ4v) is 3.58. The topological polar surface area (TPSA) is 66.5 Å². The van der Waals surface area contributed by atoms with Crippen molar-refractivity contribution in [3.05, 3.63) is 35.2 Å². The highest BCUT2D eigenvalue weighted by atomic mass is 32.1. The second-order valence-electron chi connectivity index (χ2n) is 6.48. The molecule has 1 aromatic heterocycles. The van der Waals surface area contributed by atoms with Crippen molar-refractivity contribution in [2.75, 3.05) is 25.5 Å². The number of benzene rings is 1. The van der Waals surface area contributed by atoms with Crippen LogP contribution in [0.15, 0.2) is 35.2 Å². The van der Waals surface area contributed by atoms with E-state index in [4.69, 9.17) is 4.74 Å². The van der Waals surface area contributed by atoms with Crippen molar-refractivity contribution in [1.82, 2.24) is 15.2 Å². The molecule has 1 fully saturated rings. The number of carbonyl (C=O) groups excluding carboxylic acids is 1. The molecule has 2 N–H and O–H groups in total. The normalized spacial score (nSPS) is 20.8. The number of hydrogen-bond donors (Lipinski definition) is 2. The predicted molar refractivity (Wildman–Crippen MR) is 101 cm³/mol. The Bertz CT molecular complexity index is 688. The summed E-state index contributed by atoms with van der Waals surface area (Å²) >= 11 is 1.56. The number of nitrogens with zero attached hydrogens (tertiary/aromatic N) is 2. The average Bonchev–Trinajstić information content (AvgIpc) is 3.25. The minimum atomic E-state index is -0.209. The van der Waals surface area contributed by atoms with E-state index in [0.29, 0.717) is 6.04 Å². The van der Waals surface area contributed by atoms with Gasteiger partial charge in [0, 0.05) is 42.9 Å². The molecule has 134 valence electrons. The van der Waals surface area contributed by atoms with E-state index < -0.39 is 0 Å². The van der Waals surface area contributed by atoms with Crippen LogP contribution in [0.25, 0.3) is 11.3 Å². The Balaban J connectivity index is 1.57. The smallest absolute Gasteiger partial charge is 0.319 e. The van der Waals surface area contributed by atoms with Gasteiger partial charge < -0.3 is 15.4 Å². The number of aromatic nitrogens is 1. The second kappa shape index (κ2) is 7.95. The third kappa shape index (κ3) is 4.36. The van der Waals surface area contributed by atoms with Crippen LogP contribution in [0.5, 0.6) is 0 Å². The van der Waals surface area contributed by atoms with Crippen molar-refractivity contribution in [3.63, 3.8) is 0 Å². The van der Waals surface area contributed by atoms with Gasteiger partial charge in [-0.3, -0.25) is 4.90 Å². The van der Waals surface area contributed by atoms with Crippen molar-refractivity contribution in [2.45, 2.75) is 32.0 Å². The van der Waals surface area contributed by atoms with E-state index in [-0.39, 0.29) is 18.2 Å². The minimum absolute atomic E-state index is 0.0123. The van der Waals surface area contributed by atoms with Gasteiger partial charge in [0.1, 0.15) is 0 Å². The van der Waals surface area contributed by atoms with E-state index in [1.54, 1.807) is 18.4 Å². The summed E-state index contributed by atoms with van der Waals surface area (Å²) in [5.41, 5.74) is 4.55. The zero-order valence-corrected chi connectivity index (χ0v) is 15.5. The van der Waals surface area contributed by atoms with Gasteiger partial charge in [-0.25, -0.2) is 9.78 Å². The first-order chi connectivity index (χ1) is 12.1. The van der Waals surface area contributed by atoms with Crippen molar-refractivity contribution < 1.29 is 9.53 Å². The van der Waals surface area contributed by atoms with Crippen LogP contribution >= 0.6 is 11.3 Å². The Morgan fingerprint density at radius 2 is 2.08 bits per heavy atom. The number of nitrogens with one attached hydrogen (secondary N) is 2. The predicted octanol–water partition coefficient (Wildman–Crippen LogP) is 3.04. The molecule has 1 saturated heterocycles. The first-order valence-electron chi connectivity index (χ1n) is 8.40. The van der Waals surface area contributed by atoms with Gasteiger partial charge in [0.25, 0.3) is 0 Å². The van der Waals surface area contributed by atoms with Gasteiger partial charge in [0.2, 0.25) is 0 Å². The lowest BCUT2D eigenvalue weighted by atomic mass is 10.1. The molecule has 1 aliphatic rings. The molecule has 0 spiro atoms. The summed E-state index contributed by atoms with van der Waals surface area (Å²) in [5.74, 6) is 0. The largest absolute Gasteiger partial charge is 0.378 e. The molecule has 3 rings (SSSR count). The molecule has 2 heterocycles. The quantitative estimate of drug-likeness (QED) is 0.860. The number of carbonyl (C=O) groups is 1. The Kier molecular flexibility index (Phi) is 5.67. The molecule has 2 amide bonds. The number of urea groups is 1. The monoisotopic (exact) mass is 360 g/mol. The Morgan fingerprint density at radius 3 is 2.68 bits per heavy atom. The SMILES string of the molecule is COC1CN(C(C)C)CC1NC(=O)Nc1ccc(-c2cscn2)cc1. The standard InChI is InChI=1S/C18H24N4O2S/c1-12(2)22-8-15(17(9-22)24-3)21-18(23)20-14-6-4-13(5-7-14)16-10-25-11-19-16/h4-7,10-12,15,17H,8-9H2,1-3H3,(H2,20,21,23). The molecule has 2 atom stereocenters. The van der Waals surface area contributed by atoms with Crippen molar-refractivity contribution in [1.29, 1.82) is 0 Å². The van der Waals surface area contributed by atoms with Crippen LogP contribution in [0.3, 0.4) is 0 Å². The van der Waals surface area contributed by atoms with Crippen LogP contribution < -0.4 is 10.6 Å². The first-order valence-corrected chi connectivity index (χ1v) is 9.34. The van der Waals surface area contributed by atoms with Crippen LogP contribution in [0.2, 0.25) is 0 Å². The summed E-state index contributed by atoms with van der Waals surface area (Å²) in [7, 11) is 1.69. The zero-order valence-electron chi connectivity index (χ0n) is 14.7. The number of ether oxygens (including phenoxy) is 1. The molecule has 2 aromatic rings. The van der Waals surface area contributed by atoms with Gasteiger partial charge in [-0.05, 0) is 26.0 Å². The summed E-state index contributed by atoms with van der Waals surface area (Å²) in [6.07, 6.45) is 0.0141. The molecule has 2 unspecified atom stereocenters. The fourth-order valence-electron chi connectivity index (χ4n) is 3.02. The van der Waals surface area contributed by atoms with E-state index in [2.05, 4.69) is 34.4 Å². The molecule has 1 aromatic carbocycles. The van der Waals surface area contributed by atoms with Gasteiger partial charge in [0.15, 0.2) is 0 Å². The highest BCUT2D eigenvalue weighted by molar-refractivity contribution is 7.07. The molecular weight excluding hydrogens is 336 g/mol. The number of likely N-dealkylation sites (tertiary alicyclic amines) is 1. The lowest BCUT2D eigenvalue weighted by molar-refractivity contribution is 0.0896. The van der Waals surface area contributed by atoms with Crippen LogP contribution in [0.1, 0.15) is 13.8 Å². The van der Waals surface area contributed by atoms with Crippen molar-refractivity contribution >= 4 is 23.1 Å². The number of hydrogen-bond acceptors (Lipinski definition) is 5. The summed E-state index contributed by atoms with van der Waals surface area (Å²) in [4.78, 5) is 18.9. The van der Waals surface area contributed by atoms with Crippen LogP contribution in [-0.4, -0.2) is 54.3 Å². The minimum Gasteiger partial charge on any atom is -0.378 e. The van der Waals surface area contributed by atoms with E-state index in [1.165, 1.54) is 0 Å². The average molecular weight is 360 g/mol. The third-order valence-corrected chi connectivity index (χ3v) is 5.10. The van der Waals surface area contributed by atoms with E-state index in [1.807, 2.05) is 35.2 Å². The number of methoxy groups -OCH3 is 1. The van der Waals surface area contributed by atoms with E-state index >= 15 is 0 Å². The maximum atomic E-state index is 12.3. The highest BCUT2D eigenvalue weighted by Gasteiger charge is 2.34. The number of thiazole rings is 1. The van der Waals surface area contributed by atoms with Gasteiger partial charge in [-0.1, -0.05) is 12.1 Å². The number of anilines is 1.